The van der Waals surface area contributed by atoms with Crippen LogP contribution < -0.4 is 9.47 Å². The van der Waals surface area contributed by atoms with Crippen molar-refractivity contribution in [2.75, 3.05) is 0 Å². The van der Waals surface area contributed by atoms with E-state index in [4.69, 9.17) is 4.74 Å². The van der Waals surface area contributed by atoms with Gasteiger partial charge in [0.1, 0.15) is 11.9 Å². The third kappa shape index (κ3) is 4.99. The number of ether oxygens (including phenoxy) is 2. The van der Waals surface area contributed by atoms with Crippen molar-refractivity contribution in [1.29, 1.82) is 0 Å². The minimum Gasteiger partial charge on any atom is -0.426 e. The van der Waals surface area contributed by atoms with Crippen LogP contribution in [0.15, 0.2) is 24.3 Å². The largest absolute Gasteiger partial charge is 0.573 e. The molecule has 9 heteroatoms. The maximum Gasteiger partial charge on any atom is 0.573 e. The lowest BCUT2D eigenvalue weighted by molar-refractivity contribution is -0.276. The first-order chi connectivity index (χ1) is 14.1. The molecule has 1 aliphatic rings. The zero-order chi connectivity index (χ0) is 22.1. The number of esters is 1. The molecule has 3 nitrogen and oxygen atoms in total. The van der Waals surface area contributed by atoms with Crippen molar-refractivity contribution in [2.24, 2.45) is 11.8 Å². The minimum atomic E-state index is -5.26. The molecule has 2 aromatic carbocycles. The third-order valence-electron chi connectivity index (χ3n) is 5.27. The quantitative estimate of drug-likeness (QED) is 0.307. The number of rotatable bonds is 5. The Morgan fingerprint density at radius 1 is 1.17 bits per heavy atom. The second-order valence-corrected chi connectivity index (χ2v) is 7.44. The molecule has 0 aliphatic heterocycles. The lowest BCUT2D eigenvalue weighted by atomic mass is 9.79. The van der Waals surface area contributed by atoms with E-state index in [1.165, 1.54) is 0 Å². The predicted molar refractivity (Wildman–Crippen MR) is 96.8 cm³/mol. The van der Waals surface area contributed by atoms with Crippen molar-refractivity contribution in [3.8, 4) is 11.5 Å². The normalized spacial score (nSPS) is 22.2. The van der Waals surface area contributed by atoms with Crippen molar-refractivity contribution in [2.45, 2.75) is 51.6 Å². The molecule has 0 aromatic heterocycles. The van der Waals surface area contributed by atoms with Crippen molar-refractivity contribution < 1.29 is 40.6 Å². The summed E-state index contributed by atoms with van der Waals surface area (Å²) < 4.78 is 88.2. The van der Waals surface area contributed by atoms with Gasteiger partial charge >= 0.3 is 12.3 Å². The van der Waals surface area contributed by atoms with Gasteiger partial charge < -0.3 is 9.47 Å². The average molecular weight is 434 g/mol. The molecule has 0 spiro atoms. The van der Waals surface area contributed by atoms with E-state index in [1.54, 1.807) is 0 Å². The molecular formula is C21H20F6O3. The molecule has 0 heterocycles. The van der Waals surface area contributed by atoms with E-state index >= 15 is 0 Å². The number of carbonyl (C=O) groups is 1. The Labute approximate surface area is 169 Å². The zero-order valence-electron chi connectivity index (χ0n) is 16.1. The molecule has 0 radical (unpaired) electrons. The van der Waals surface area contributed by atoms with Crippen LogP contribution in [0.3, 0.4) is 0 Å². The van der Waals surface area contributed by atoms with Gasteiger partial charge in [0.15, 0.2) is 11.6 Å². The fraction of sp³-hybridized carbons (Fsp3) is 0.476. The molecule has 164 valence electrons. The number of fused-ring (bicyclic) bond motifs is 1. The van der Waals surface area contributed by atoms with Gasteiger partial charge in [0, 0.05) is 5.39 Å². The van der Waals surface area contributed by atoms with Crippen LogP contribution in [-0.4, -0.2) is 18.5 Å². The van der Waals surface area contributed by atoms with Gasteiger partial charge in [-0.05, 0) is 54.8 Å². The van der Waals surface area contributed by atoms with E-state index in [0.717, 1.165) is 31.0 Å². The van der Waals surface area contributed by atoms with Gasteiger partial charge in [-0.15, -0.1) is 13.2 Å². The Kier molecular flexibility index (Phi) is 6.47. The van der Waals surface area contributed by atoms with Gasteiger partial charge in [-0.2, -0.15) is 0 Å². The predicted octanol–water partition coefficient (Wildman–Crippen LogP) is 6.48. The lowest BCUT2D eigenvalue weighted by Crippen LogP contribution is -2.34. The van der Waals surface area contributed by atoms with Gasteiger partial charge in [-0.1, -0.05) is 19.8 Å². The van der Waals surface area contributed by atoms with Crippen molar-refractivity contribution in [3.05, 3.63) is 35.9 Å². The zero-order valence-corrected chi connectivity index (χ0v) is 16.1. The number of hydrogen-bond acceptors (Lipinski definition) is 3. The van der Waals surface area contributed by atoms with E-state index < -0.39 is 41.8 Å². The lowest BCUT2D eigenvalue weighted by Gasteiger charge is -2.30. The van der Waals surface area contributed by atoms with Crippen LogP contribution in [0.5, 0.6) is 11.5 Å². The molecule has 0 bridgehead atoms. The van der Waals surface area contributed by atoms with Crippen LogP contribution in [-0.2, 0) is 4.79 Å². The number of halogens is 6. The molecule has 30 heavy (non-hydrogen) atoms. The first-order valence-electron chi connectivity index (χ1n) is 9.62. The van der Waals surface area contributed by atoms with Crippen LogP contribution in [0, 0.1) is 23.5 Å². The molecule has 3 atom stereocenters. The molecule has 0 amide bonds. The van der Waals surface area contributed by atoms with E-state index in [9.17, 15) is 31.1 Å². The highest BCUT2D eigenvalue weighted by Crippen LogP contribution is 2.37. The molecule has 1 fully saturated rings. The fourth-order valence-corrected chi connectivity index (χ4v) is 3.89. The summed E-state index contributed by atoms with van der Waals surface area (Å²) in [5.74, 6) is -6.21. The molecule has 1 saturated carbocycles. The number of carbonyl (C=O) groups excluding carboxylic acids is 1. The van der Waals surface area contributed by atoms with Crippen LogP contribution in [0.1, 0.15) is 39.0 Å². The summed E-state index contributed by atoms with van der Waals surface area (Å²) in [5.41, 5.74) is 0. The summed E-state index contributed by atoms with van der Waals surface area (Å²) in [5, 5.41) is -0.479. The van der Waals surface area contributed by atoms with E-state index in [1.807, 2.05) is 6.92 Å². The Hall–Kier alpha value is -2.45. The van der Waals surface area contributed by atoms with Gasteiger partial charge in [-0.25, -0.2) is 13.2 Å². The second-order valence-electron chi connectivity index (χ2n) is 7.44. The molecule has 0 N–H and O–H groups in total. The number of benzene rings is 2. The van der Waals surface area contributed by atoms with E-state index in [2.05, 4.69) is 4.74 Å². The molecular weight excluding hydrogens is 414 g/mol. The number of hydrogen-bond donors (Lipinski definition) is 0. The monoisotopic (exact) mass is 434 g/mol. The van der Waals surface area contributed by atoms with Crippen LogP contribution in [0.25, 0.3) is 10.8 Å². The van der Waals surface area contributed by atoms with E-state index in [0.29, 0.717) is 18.9 Å². The minimum absolute atomic E-state index is 0.0846. The summed E-state index contributed by atoms with van der Waals surface area (Å²) >= 11 is 0. The standard InChI is InChI=1S/C21H20F6O3/c1-2-3-11-4-6-15(16(22)8-11)20(28)29-13-5-7-14-12(9-13)10-17(23)19(18(14)24)30-21(25,26)27/h5,7,9-11,15-16H,2-4,6,8H2,1H3. The van der Waals surface area contributed by atoms with Gasteiger partial charge in [0.2, 0.25) is 5.75 Å². The van der Waals surface area contributed by atoms with Crippen LogP contribution in [0.2, 0.25) is 0 Å². The smallest absolute Gasteiger partial charge is 0.426 e. The third-order valence-corrected chi connectivity index (χ3v) is 5.27. The first kappa shape index (κ1) is 22.2. The van der Waals surface area contributed by atoms with Crippen molar-refractivity contribution in [3.63, 3.8) is 0 Å². The van der Waals surface area contributed by atoms with Crippen molar-refractivity contribution in [1.82, 2.24) is 0 Å². The summed E-state index contributed by atoms with van der Waals surface area (Å²) in [6.07, 6.45) is -3.42. The Balaban J connectivity index is 1.78. The van der Waals surface area contributed by atoms with Crippen molar-refractivity contribution >= 4 is 16.7 Å². The maximum atomic E-state index is 14.4. The molecule has 1 aliphatic carbocycles. The van der Waals surface area contributed by atoms with E-state index in [-0.39, 0.29) is 28.9 Å². The average Bonchev–Trinajstić information content (AvgIpc) is 2.64. The molecule has 3 unspecified atom stereocenters. The topological polar surface area (TPSA) is 35.5 Å². The molecule has 0 saturated heterocycles. The summed E-state index contributed by atoms with van der Waals surface area (Å²) in [6.45, 7) is 2.01. The fourth-order valence-electron chi connectivity index (χ4n) is 3.89. The number of alkyl halides is 4. The first-order valence-corrected chi connectivity index (χ1v) is 9.62. The second kappa shape index (κ2) is 8.73. The Morgan fingerprint density at radius 3 is 2.53 bits per heavy atom. The summed E-state index contributed by atoms with van der Waals surface area (Å²) in [6, 6.07) is 3.94. The maximum absolute atomic E-state index is 14.4. The Morgan fingerprint density at radius 2 is 1.90 bits per heavy atom. The van der Waals surface area contributed by atoms with Crippen LogP contribution in [0.4, 0.5) is 26.3 Å². The van der Waals surface area contributed by atoms with Gasteiger partial charge in [0.05, 0.1) is 5.92 Å². The van der Waals surface area contributed by atoms with Gasteiger partial charge in [0.25, 0.3) is 0 Å². The highest BCUT2D eigenvalue weighted by Gasteiger charge is 2.37. The summed E-state index contributed by atoms with van der Waals surface area (Å²) in [4.78, 5) is 12.4. The van der Waals surface area contributed by atoms with Crippen LogP contribution >= 0.6 is 0 Å². The SMILES string of the molecule is CCCC1CCC(C(=O)Oc2ccc3c(F)c(OC(F)(F)F)c(F)cc3c2)C(F)C1. The molecule has 3 rings (SSSR count). The highest BCUT2D eigenvalue weighted by molar-refractivity contribution is 5.87. The Bertz CT molecular complexity index is 927. The summed E-state index contributed by atoms with van der Waals surface area (Å²) in [7, 11) is 0. The van der Waals surface area contributed by atoms with Gasteiger partial charge in [-0.3, -0.25) is 4.79 Å². The molecule has 2 aromatic rings. The highest BCUT2D eigenvalue weighted by atomic mass is 19.4.